The van der Waals surface area contributed by atoms with Gasteiger partial charge in [-0.05, 0) is 42.8 Å². The van der Waals surface area contributed by atoms with Crippen molar-refractivity contribution < 1.29 is 8.42 Å². The normalized spacial score (nSPS) is 13.5. The first-order valence-corrected chi connectivity index (χ1v) is 9.92. The zero-order valence-electron chi connectivity index (χ0n) is 13.2. The van der Waals surface area contributed by atoms with E-state index in [1.165, 1.54) is 27.8 Å². The van der Waals surface area contributed by atoms with Crippen LogP contribution in [0.15, 0.2) is 52.2 Å². The van der Waals surface area contributed by atoms with Crippen molar-refractivity contribution in [1.29, 1.82) is 0 Å². The SMILES string of the molecule is C[C@H](CCc1cn(C)c2ccccc12)NS(=O)(=O)c1cccs1. The molecule has 0 bridgehead atoms. The van der Waals surface area contributed by atoms with E-state index in [0.29, 0.717) is 4.21 Å². The highest BCUT2D eigenvalue weighted by molar-refractivity contribution is 7.91. The van der Waals surface area contributed by atoms with Gasteiger partial charge >= 0.3 is 0 Å². The molecule has 6 heteroatoms. The average Bonchev–Trinajstić information content (AvgIpc) is 3.14. The zero-order chi connectivity index (χ0) is 16.4. The number of para-hydroxylation sites is 1. The van der Waals surface area contributed by atoms with E-state index in [4.69, 9.17) is 0 Å². The first-order chi connectivity index (χ1) is 11.0. The van der Waals surface area contributed by atoms with E-state index in [-0.39, 0.29) is 6.04 Å². The molecule has 0 aliphatic carbocycles. The Bertz CT molecular complexity index is 896. The third-order valence-corrected chi connectivity index (χ3v) is 6.93. The third kappa shape index (κ3) is 3.49. The summed E-state index contributed by atoms with van der Waals surface area (Å²) in [6.07, 6.45) is 3.74. The van der Waals surface area contributed by atoms with E-state index >= 15 is 0 Å². The molecule has 1 atom stereocenters. The summed E-state index contributed by atoms with van der Waals surface area (Å²) in [5, 5.41) is 3.01. The second kappa shape index (κ2) is 6.47. The zero-order valence-corrected chi connectivity index (χ0v) is 14.8. The van der Waals surface area contributed by atoms with Crippen LogP contribution in [0.2, 0.25) is 0 Å². The van der Waals surface area contributed by atoms with Crippen molar-refractivity contribution in [3.05, 3.63) is 53.5 Å². The van der Waals surface area contributed by atoms with E-state index in [1.807, 2.05) is 26.1 Å². The molecule has 3 rings (SSSR count). The number of thiophene rings is 1. The molecule has 0 fully saturated rings. The Hall–Kier alpha value is -1.63. The van der Waals surface area contributed by atoms with Gasteiger partial charge in [0.2, 0.25) is 10.0 Å². The minimum Gasteiger partial charge on any atom is -0.350 e. The highest BCUT2D eigenvalue weighted by Crippen LogP contribution is 2.22. The van der Waals surface area contributed by atoms with Crippen molar-refractivity contribution in [2.75, 3.05) is 0 Å². The standard InChI is InChI=1S/C17H20N2O2S2/c1-13(18-23(20,21)17-8-5-11-22-17)9-10-14-12-19(2)16-7-4-3-6-15(14)16/h3-8,11-13,18H,9-10H2,1-2H3/t13-/m1/s1. The maximum absolute atomic E-state index is 12.2. The number of nitrogens with one attached hydrogen (secondary N) is 1. The summed E-state index contributed by atoms with van der Waals surface area (Å²) in [6, 6.07) is 11.6. The van der Waals surface area contributed by atoms with Gasteiger partial charge in [-0.15, -0.1) is 11.3 Å². The number of hydrogen-bond donors (Lipinski definition) is 1. The fraction of sp³-hybridized carbons (Fsp3) is 0.294. The Morgan fingerprint density at radius 1 is 1.22 bits per heavy atom. The molecule has 0 saturated heterocycles. The van der Waals surface area contributed by atoms with Gasteiger partial charge in [-0.3, -0.25) is 0 Å². The van der Waals surface area contributed by atoms with Crippen LogP contribution in [-0.2, 0) is 23.5 Å². The fourth-order valence-corrected chi connectivity index (χ4v) is 5.08. The number of aryl methyl sites for hydroxylation is 2. The molecule has 0 unspecified atom stereocenters. The van der Waals surface area contributed by atoms with Gasteiger partial charge in [-0.25, -0.2) is 13.1 Å². The summed E-state index contributed by atoms with van der Waals surface area (Å²) >= 11 is 1.24. The van der Waals surface area contributed by atoms with Gasteiger partial charge in [0.05, 0.1) is 0 Å². The number of sulfonamides is 1. The molecule has 0 amide bonds. The van der Waals surface area contributed by atoms with Crippen molar-refractivity contribution in [2.24, 2.45) is 7.05 Å². The molecular formula is C17H20N2O2S2. The molecule has 2 aromatic heterocycles. The monoisotopic (exact) mass is 348 g/mol. The van der Waals surface area contributed by atoms with Crippen LogP contribution in [0.4, 0.5) is 0 Å². The minimum absolute atomic E-state index is 0.110. The summed E-state index contributed by atoms with van der Waals surface area (Å²) in [5.41, 5.74) is 2.46. The number of fused-ring (bicyclic) bond motifs is 1. The van der Waals surface area contributed by atoms with Crippen molar-refractivity contribution >= 4 is 32.3 Å². The predicted octanol–water partition coefficient (Wildman–Crippen LogP) is 3.54. The van der Waals surface area contributed by atoms with Gasteiger partial charge < -0.3 is 4.57 Å². The molecule has 0 radical (unpaired) electrons. The van der Waals surface area contributed by atoms with Gasteiger partial charge in [-0.1, -0.05) is 24.3 Å². The Kier molecular flexibility index (Phi) is 4.57. The topological polar surface area (TPSA) is 51.1 Å². The molecule has 4 nitrogen and oxygen atoms in total. The summed E-state index contributed by atoms with van der Waals surface area (Å²) < 4.78 is 29.7. The smallest absolute Gasteiger partial charge is 0.250 e. The Balaban J connectivity index is 1.68. The highest BCUT2D eigenvalue weighted by Gasteiger charge is 2.18. The molecule has 0 saturated carbocycles. The van der Waals surface area contributed by atoms with Crippen LogP contribution in [-0.4, -0.2) is 19.0 Å². The maximum atomic E-state index is 12.2. The molecule has 2 heterocycles. The van der Waals surface area contributed by atoms with Gasteiger partial charge in [0.1, 0.15) is 4.21 Å². The van der Waals surface area contributed by atoms with Crippen molar-refractivity contribution in [2.45, 2.75) is 30.0 Å². The summed E-state index contributed by atoms with van der Waals surface area (Å²) in [5.74, 6) is 0. The second-order valence-electron chi connectivity index (χ2n) is 5.78. The minimum atomic E-state index is -3.39. The van der Waals surface area contributed by atoms with Gasteiger partial charge in [-0.2, -0.15) is 0 Å². The number of rotatable bonds is 6. The van der Waals surface area contributed by atoms with Crippen molar-refractivity contribution in [3.63, 3.8) is 0 Å². The maximum Gasteiger partial charge on any atom is 0.250 e. The molecule has 0 aliphatic heterocycles. The predicted molar refractivity (Wildman–Crippen MR) is 95.3 cm³/mol. The summed E-state index contributed by atoms with van der Waals surface area (Å²) in [7, 11) is -1.36. The van der Waals surface area contributed by atoms with Crippen LogP contribution in [0, 0.1) is 0 Å². The number of nitrogens with zero attached hydrogens (tertiary/aromatic N) is 1. The van der Waals surface area contributed by atoms with Gasteiger partial charge in [0, 0.05) is 30.2 Å². The lowest BCUT2D eigenvalue weighted by Crippen LogP contribution is -2.32. The first-order valence-electron chi connectivity index (χ1n) is 7.56. The van der Waals surface area contributed by atoms with E-state index in [1.54, 1.807) is 17.5 Å². The molecule has 122 valence electrons. The Morgan fingerprint density at radius 2 is 2.00 bits per heavy atom. The molecule has 0 aliphatic rings. The van der Waals surface area contributed by atoms with E-state index < -0.39 is 10.0 Å². The number of aromatic nitrogens is 1. The van der Waals surface area contributed by atoms with E-state index in [9.17, 15) is 8.42 Å². The van der Waals surface area contributed by atoms with E-state index in [2.05, 4.69) is 27.6 Å². The summed E-state index contributed by atoms with van der Waals surface area (Å²) in [6.45, 7) is 1.91. The van der Waals surface area contributed by atoms with Crippen LogP contribution < -0.4 is 4.72 Å². The molecule has 1 aromatic carbocycles. The molecular weight excluding hydrogens is 328 g/mol. The van der Waals surface area contributed by atoms with Crippen molar-refractivity contribution in [1.82, 2.24) is 9.29 Å². The molecule has 23 heavy (non-hydrogen) atoms. The first kappa shape index (κ1) is 16.2. The molecule has 1 N–H and O–H groups in total. The van der Waals surface area contributed by atoms with Crippen LogP contribution in [0.5, 0.6) is 0 Å². The lowest BCUT2D eigenvalue weighted by atomic mass is 10.1. The quantitative estimate of drug-likeness (QED) is 0.741. The van der Waals surface area contributed by atoms with Crippen molar-refractivity contribution in [3.8, 4) is 0 Å². The number of benzene rings is 1. The van der Waals surface area contributed by atoms with Crippen LogP contribution in [0.1, 0.15) is 18.9 Å². The number of hydrogen-bond acceptors (Lipinski definition) is 3. The largest absolute Gasteiger partial charge is 0.350 e. The van der Waals surface area contributed by atoms with Gasteiger partial charge in [0.15, 0.2) is 0 Å². The molecule has 0 spiro atoms. The third-order valence-electron chi connectivity index (χ3n) is 3.94. The fourth-order valence-electron chi connectivity index (χ4n) is 2.80. The Morgan fingerprint density at radius 3 is 2.74 bits per heavy atom. The van der Waals surface area contributed by atoms with Gasteiger partial charge in [0.25, 0.3) is 0 Å². The van der Waals surface area contributed by atoms with Crippen LogP contribution in [0.25, 0.3) is 10.9 Å². The lowest BCUT2D eigenvalue weighted by Gasteiger charge is -2.13. The highest BCUT2D eigenvalue weighted by atomic mass is 32.2. The van der Waals surface area contributed by atoms with Crippen LogP contribution in [0.3, 0.4) is 0 Å². The molecule has 3 aromatic rings. The van der Waals surface area contributed by atoms with Crippen LogP contribution >= 0.6 is 11.3 Å². The summed E-state index contributed by atoms with van der Waals surface area (Å²) in [4.78, 5) is 0. The average molecular weight is 348 g/mol. The second-order valence-corrected chi connectivity index (χ2v) is 8.66. The lowest BCUT2D eigenvalue weighted by molar-refractivity contribution is 0.549. The Labute approximate surface area is 140 Å². The van der Waals surface area contributed by atoms with E-state index in [0.717, 1.165) is 12.8 Å².